The third-order valence-electron chi connectivity index (χ3n) is 5.81. The van der Waals surface area contributed by atoms with E-state index >= 15 is 0 Å². The monoisotopic (exact) mass is 598 g/mol. The van der Waals surface area contributed by atoms with Crippen LogP contribution in [0.5, 0.6) is 0 Å². The van der Waals surface area contributed by atoms with Crippen molar-refractivity contribution in [3.63, 3.8) is 0 Å². The highest BCUT2D eigenvalue weighted by molar-refractivity contribution is 14.1. The third kappa shape index (κ3) is 5.62. The highest BCUT2D eigenvalue weighted by Gasteiger charge is 2.13. The highest BCUT2D eigenvalue weighted by atomic mass is 127. The number of hydrogen-bond donors (Lipinski definition) is 2. The fourth-order valence-corrected chi connectivity index (χ4v) is 4.66. The molecule has 180 valence electrons. The molecule has 0 spiro atoms. The molecule has 3 aromatic carbocycles. The zero-order valence-corrected chi connectivity index (χ0v) is 23.1. The van der Waals surface area contributed by atoms with Gasteiger partial charge in [-0.25, -0.2) is 0 Å². The normalized spacial score (nSPS) is 10.9. The minimum absolute atomic E-state index is 0.228. The van der Waals surface area contributed by atoms with Gasteiger partial charge in [0.05, 0.1) is 5.69 Å². The number of benzene rings is 3. The summed E-state index contributed by atoms with van der Waals surface area (Å²) in [4.78, 5) is 16.5. The maximum Gasteiger partial charge on any atom is 0.257 e. The molecule has 0 aliphatic rings. The Morgan fingerprint density at radius 3 is 2.37 bits per heavy atom. The third-order valence-corrected chi connectivity index (χ3v) is 6.69. The summed E-state index contributed by atoms with van der Waals surface area (Å²) in [6, 6.07) is 17.5. The molecule has 0 saturated carbocycles. The number of thiocarbonyl (C=S) groups is 1. The largest absolute Gasteiger partial charge is 0.372 e. The Labute approximate surface area is 224 Å². The molecule has 35 heavy (non-hydrogen) atoms. The molecule has 7 nitrogen and oxygen atoms in total. The quantitative estimate of drug-likeness (QED) is 0.222. The summed E-state index contributed by atoms with van der Waals surface area (Å²) in [6.45, 7) is 10.3. The summed E-state index contributed by atoms with van der Waals surface area (Å²) in [5, 5.41) is 15.5. The van der Waals surface area contributed by atoms with Crippen molar-refractivity contribution in [3.05, 3.63) is 74.9 Å². The van der Waals surface area contributed by atoms with E-state index in [1.54, 1.807) is 10.9 Å². The van der Waals surface area contributed by atoms with E-state index in [1.807, 2.05) is 37.3 Å². The SMILES string of the molecule is CCN(CC)c1ccc(-n2nc3cc(C)c(NC(=S)NC(=O)c4cccc(I)c4)cc3n2)c(C)c1. The second-order valence-corrected chi connectivity index (χ2v) is 9.86. The predicted molar refractivity (Wildman–Crippen MR) is 155 cm³/mol. The van der Waals surface area contributed by atoms with Crippen LogP contribution in [-0.4, -0.2) is 39.1 Å². The van der Waals surface area contributed by atoms with Crippen molar-refractivity contribution in [2.45, 2.75) is 27.7 Å². The van der Waals surface area contributed by atoms with Crippen molar-refractivity contribution in [1.82, 2.24) is 20.3 Å². The van der Waals surface area contributed by atoms with Crippen molar-refractivity contribution < 1.29 is 4.79 Å². The number of anilines is 2. The van der Waals surface area contributed by atoms with Crippen LogP contribution in [0.2, 0.25) is 0 Å². The Morgan fingerprint density at radius 2 is 1.71 bits per heavy atom. The van der Waals surface area contributed by atoms with Gasteiger partial charge < -0.3 is 10.2 Å². The van der Waals surface area contributed by atoms with Crippen LogP contribution in [0.4, 0.5) is 11.4 Å². The molecule has 0 bridgehead atoms. The molecule has 0 saturated heterocycles. The second-order valence-electron chi connectivity index (χ2n) is 8.21. The van der Waals surface area contributed by atoms with Crippen LogP contribution in [0.25, 0.3) is 16.7 Å². The molecule has 4 aromatic rings. The molecular formula is C26H27IN6OS. The standard InChI is InChI=1S/C26H27IN6OS/c1-5-32(6-2)20-10-11-24(17(4)12-20)33-30-22-13-16(3)21(15-23(22)31-33)28-26(35)29-25(34)18-8-7-9-19(27)14-18/h7-15H,5-6H2,1-4H3,(H2,28,29,34,35). The van der Waals surface area contributed by atoms with E-state index in [-0.39, 0.29) is 11.0 Å². The molecule has 4 rings (SSSR count). The Kier molecular flexibility index (Phi) is 7.66. The van der Waals surface area contributed by atoms with Gasteiger partial charge in [-0.3, -0.25) is 10.1 Å². The Morgan fingerprint density at radius 1 is 1.00 bits per heavy atom. The number of nitrogens with zero attached hydrogens (tertiary/aromatic N) is 4. The van der Waals surface area contributed by atoms with E-state index in [2.05, 4.69) is 77.1 Å². The second kappa shape index (κ2) is 10.7. The minimum atomic E-state index is -0.255. The number of fused-ring (bicyclic) bond motifs is 1. The predicted octanol–water partition coefficient (Wildman–Crippen LogP) is 5.61. The lowest BCUT2D eigenvalue weighted by molar-refractivity contribution is 0.0977. The number of rotatable bonds is 6. The van der Waals surface area contributed by atoms with Crippen LogP contribution in [0, 0.1) is 17.4 Å². The van der Waals surface area contributed by atoms with E-state index in [4.69, 9.17) is 22.4 Å². The van der Waals surface area contributed by atoms with Crippen LogP contribution in [0.15, 0.2) is 54.6 Å². The van der Waals surface area contributed by atoms with Gasteiger partial charge in [0.15, 0.2) is 5.11 Å². The molecule has 9 heteroatoms. The van der Waals surface area contributed by atoms with Gasteiger partial charge in [0.1, 0.15) is 11.0 Å². The molecule has 0 aliphatic heterocycles. The van der Waals surface area contributed by atoms with Crippen LogP contribution in [0.3, 0.4) is 0 Å². The van der Waals surface area contributed by atoms with Gasteiger partial charge in [-0.05, 0) is 122 Å². The number of halogens is 1. The van der Waals surface area contributed by atoms with Gasteiger partial charge in [-0.1, -0.05) is 6.07 Å². The van der Waals surface area contributed by atoms with E-state index in [1.165, 1.54) is 5.69 Å². The molecule has 0 radical (unpaired) electrons. The molecule has 0 aliphatic carbocycles. The van der Waals surface area contributed by atoms with Gasteiger partial charge in [-0.15, -0.1) is 10.2 Å². The summed E-state index contributed by atoms with van der Waals surface area (Å²) in [5.74, 6) is -0.255. The fraction of sp³-hybridized carbons (Fsp3) is 0.231. The summed E-state index contributed by atoms with van der Waals surface area (Å²) < 4.78 is 0.983. The number of carbonyl (C=O) groups is 1. The van der Waals surface area contributed by atoms with Crippen LogP contribution in [0.1, 0.15) is 35.3 Å². The summed E-state index contributed by atoms with van der Waals surface area (Å²) in [7, 11) is 0. The highest BCUT2D eigenvalue weighted by Crippen LogP contribution is 2.25. The lowest BCUT2D eigenvalue weighted by Crippen LogP contribution is -2.34. The van der Waals surface area contributed by atoms with Gasteiger partial charge in [0.2, 0.25) is 0 Å². The summed E-state index contributed by atoms with van der Waals surface area (Å²) in [6.07, 6.45) is 0. The minimum Gasteiger partial charge on any atom is -0.372 e. The van der Waals surface area contributed by atoms with E-state index in [0.717, 1.165) is 50.2 Å². The average Bonchev–Trinajstić information content (AvgIpc) is 3.22. The smallest absolute Gasteiger partial charge is 0.257 e. The van der Waals surface area contributed by atoms with Crippen LogP contribution < -0.4 is 15.5 Å². The number of carbonyl (C=O) groups excluding carboxylic acids is 1. The van der Waals surface area contributed by atoms with Gasteiger partial charge in [0.25, 0.3) is 5.91 Å². The van der Waals surface area contributed by atoms with Gasteiger partial charge in [-0.2, -0.15) is 4.80 Å². The number of aryl methyl sites for hydroxylation is 2. The number of aromatic nitrogens is 3. The molecule has 1 amide bonds. The molecule has 2 N–H and O–H groups in total. The van der Waals surface area contributed by atoms with Crippen LogP contribution in [-0.2, 0) is 0 Å². The van der Waals surface area contributed by atoms with Crippen molar-refractivity contribution in [2.75, 3.05) is 23.3 Å². The molecule has 1 heterocycles. The van der Waals surface area contributed by atoms with Crippen LogP contribution >= 0.6 is 34.8 Å². The zero-order valence-electron chi connectivity index (χ0n) is 20.1. The lowest BCUT2D eigenvalue weighted by Gasteiger charge is -2.22. The first-order valence-electron chi connectivity index (χ1n) is 11.4. The first kappa shape index (κ1) is 25.1. The maximum absolute atomic E-state index is 12.5. The molecule has 0 unspecified atom stereocenters. The van der Waals surface area contributed by atoms with E-state index < -0.39 is 0 Å². The topological polar surface area (TPSA) is 75.1 Å². The molecule has 0 atom stereocenters. The first-order valence-corrected chi connectivity index (χ1v) is 12.9. The van der Waals surface area contributed by atoms with E-state index in [0.29, 0.717) is 5.56 Å². The van der Waals surface area contributed by atoms with Crippen molar-refractivity contribution >= 4 is 68.2 Å². The maximum atomic E-state index is 12.5. The molecule has 1 aromatic heterocycles. The Bertz CT molecular complexity index is 1410. The molecule has 0 fully saturated rings. The van der Waals surface area contributed by atoms with Crippen molar-refractivity contribution in [1.29, 1.82) is 0 Å². The van der Waals surface area contributed by atoms with Gasteiger partial charge in [0, 0.05) is 33.6 Å². The van der Waals surface area contributed by atoms with Crippen molar-refractivity contribution in [2.24, 2.45) is 0 Å². The first-order chi connectivity index (χ1) is 16.8. The van der Waals surface area contributed by atoms with E-state index in [9.17, 15) is 4.79 Å². The molecular weight excluding hydrogens is 571 g/mol. The Balaban J connectivity index is 1.55. The fourth-order valence-electron chi connectivity index (χ4n) is 3.92. The number of amides is 1. The summed E-state index contributed by atoms with van der Waals surface area (Å²) >= 11 is 7.56. The Hall–Kier alpha value is -3.05. The lowest BCUT2D eigenvalue weighted by atomic mass is 10.1. The van der Waals surface area contributed by atoms with Gasteiger partial charge >= 0.3 is 0 Å². The zero-order chi connectivity index (χ0) is 25.1. The van der Waals surface area contributed by atoms with Crippen molar-refractivity contribution in [3.8, 4) is 5.69 Å². The number of nitrogens with one attached hydrogen (secondary N) is 2. The summed E-state index contributed by atoms with van der Waals surface area (Å²) in [5.41, 5.74) is 7.02. The number of hydrogen-bond acceptors (Lipinski definition) is 5. The average molecular weight is 599 g/mol.